The van der Waals surface area contributed by atoms with E-state index in [1.165, 1.54) is 5.56 Å². The summed E-state index contributed by atoms with van der Waals surface area (Å²) in [6.45, 7) is 2.60. The van der Waals surface area contributed by atoms with Crippen LogP contribution in [0.2, 0.25) is 0 Å². The van der Waals surface area contributed by atoms with Crippen molar-refractivity contribution in [3.8, 4) is 11.5 Å². The van der Waals surface area contributed by atoms with Crippen LogP contribution < -0.4 is 20.1 Å². The quantitative estimate of drug-likeness (QED) is 0.682. The molecular formula is C23H28N2O4. The van der Waals surface area contributed by atoms with Gasteiger partial charge < -0.3 is 20.1 Å². The van der Waals surface area contributed by atoms with Crippen LogP contribution in [0.3, 0.4) is 0 Å². The van der Waals surface area contributed by atoms with E-state index in [-0.39, 0.29) is 23.7 Å². The number of carbonyl (C=O) groups is 2. The van der Waals surface area contributed by atoms with Crippen molar-refractivity contribution in [1.82, 2.24) is 5.32 Å². The molecule has 2 N–H and O–H groups in total. The first-order chi connectivity index (χ1) is 14.0. The van der Waals surface area contributed by atoms with Crippen LogP contribution in [0, 0.1) is 11.8 Å². The van der Waals surface area contributed by atoms with Gasteiger partial charge in [0.25, 0.3) is 0 Å². The number of anilines is 1. The van der Waals surface area contributed by atoms with E-state index >= 15 is 0 Å². The predicted octanol–water partition coefficient (Wildman–Crippen LogP) is 3.20. The summed E-state index contributed by atoms with van der Waals surface area (Å²) in [6, 6.07) is 13.5. The van der Waals surface area contributed by atoms with Crippen molar-refractivity contribution in [2.45, 2.75) is 26.2 Å². The molecule has 0 aromatic heterocycles. The second-order valence-electron chi connectivity index (χ2n) is 7.22. The molecule has 2 aromatic carbocycles. The first kappa shape index (κ1) is 20.7. The average Bonchev–Trinajstić information content (AvgIpc) is 3.55. The average molecular weight is 396 g/mol. The van der Waals surface area contributed by atoms with Crippen molar-refractivity contribution in [3.05, 3.63) is 53.6 Å². The van der Waals surface area contributed by atoms with Gasteiger partial charge in [0.2, 0.25) is 11.8 Å². The van der Waals surface area contributed by atoms with Gasteiger partial charge in [0.15, 0.2) is 11.5 Å². The fourth-order valence-electron chi connectivity index (χ4n) is 3.33. The zero-order valence-electron chi connectivity index (χ0n) is 17.2. The molecule has 3 rings (SSSR count). The molecule has 154 valence electrons. The van der Waals surface area contributed by atoms with Crippen LogP contribution in [-0.2, 0) is 22.4 Å². The van der Waals surface area contributed by atoms with E-state index in [1.54, 1.807) is 14.2 Å². The highest BCUT2D eigenvalue weighted by Gasteiger charge is 2.47. The minimum Gasteiger partial charge on any atom is -0.493 e. The SMILES string of the molecule is CCc1ccc(NC(=O)C2CC2C(=O)NCCc2ccc(OC)c(OC)c2)cc1. The third kappa shape index (κ3) is 5.28. The van der Waals surface area contributed by atoms with Crippen LogP contribution >= 0.6 is 0 Å². The first-order valence-electron chi connectivity index (χ1n) is 9.94. The maximum Gasteiger partial charge on any atom is 0.228 e. The van der Waals surface area contributed by atoms with Crippen molar-refractivity contribution in [1.29, 1.82) is 0 Å². The number of hydrogen-bond donors (Lipinski definition) is 2. The monoisotopic (exact) mass is 396 g/mol. The Balaban J connectivity index is 1.43. The molecular weight excluding hydrogens is 368 g/mol. The topological polar surface area (TPSA) is 76.7 Å². The van der Waals surface area contributed by atoms with Gasteiger partial charge in [-0.1, -0.05) is 25.1 Å². The van der Waals surface area contributed by atoms with Gasteiger partial charge in [-0.05, 0) is 54.7 Å². The molecule has 2 atom stereocenters. The van der Waals surface area contributed by atoms with Gasteiger partial charge in [-0.3, -0.25) is 9.59 Å². The smallest absolute Gasteiger partial charge is 0.228 e. The van der Waals surface area contributed by atoms with Crippen LogP contribution in [0.15, 0.2) is 42.5 Å². The summed E-state index contributed by atoms with van der Waals surface area (Å²) in [4.78, 5) is 24.7. The number of amides is 2. The number of nitrogens with one attached hydrogen (secondary N) is 2. The normalized spacial score (nSPS) is 17.3. The third-order valence-corrected chi connectivity index (χ3v) is 5.25. The summed E-state index contributed by atoms with van der Waals surface area (Å²) in [5.74, 6) is 0.706. The summed E-state index contributed by atoms with van der Waals surface area (Å²) in [7, 11) is 3.19. The van der Waals surface area contributed by atoms with Crippen molar-refractivity contribution in [3.63, 3.8) is 0 Å². The molecule has 0 spiro atoms. The minimum absolute atomic E-state index is 0.0630. The largest absolute Gasteiger partial charge is 0.493 e. The number of hydrogen-bond acceptors (Lipinski definition) is 4. The standard InChI is InChI=1S/C23H28N2O4/c1-4-15-5-8-17(9-6-15)25-23(27)19-14-18(19)22(26)24-12-11-16-7-10-20(28-2)21(13-16)29-3/h5-10,13,18-19H,4,11-12,14H2,1-3H3,(H,24,26)(H,25,27). The van der Waals surface area contributed by atoms with Crippen LogP contribution in [-0.4, -0.2) is 32.6 Å². The summed E-state index contributed by atoms with van der Waals surface area (Å²) in [5, 5.41) is 5.83. The highest BCUT2D eigenvalue weighted by atomic mass is 16.5. The Kier molecular flexibility index (Phi) is 6.75. The van der Waals surface area contributed by atoms with Gasteiger partial charge in [-0.25, -0.2) is 0 Å². The van der Waals surface area contributed by atoms with Crippen LogP contribution in [0.1, 0.15) is 24.5 Å². The van der Waals surface area contributed by atoms with E-state index in [2.05, 4.69) is 17.6 Å². The first-order valence-corrected chi connectivity index (χ1v) is 9.94. The fourth-order valence-corrected chi connectivity index (χ4v) is 3.33. The second kappa shape index (κ2) is 9.45. The van der Waals surface area contributed by atoms with Gasteiger partial charge in [-0.15, -0.1) is 0 Å². The van der Waals surface area contributed by atoms with E-state index in [1.807, 2.05) is 42.5 Å². The molecule has 1 aliphatic rings. The second-order valence-corrected chi connectivity index (χ2v) is 7.22. The number of methoxy groups -OCH3 is 2. The number of aryl methyl sites for hydroxylation is 1. The van der Waals surface area contributed by atoms with E-state index in [0.717, 1.165) is 17.7 Å². The van der Waals surface area contributed by atoms with E-state index in [9.17, 15) is 9.59 Å². The van der Waals surface area contributed by atoms with Gasteiger partial charge in [-0.2, -0.15) is 0 Å². The Morgan fingerprint density at radius 3 is 2.24 bits per heavy atom. The molecule has 0 heterocycles. The molecule has 0 bridgehead atoms. The van der Waals surface area contributed by atoms with E-state index < -0.39 is 0 Å². The lowest BCUT2D eigenvalue weighted by Crippen LogP contribution is -2.29. The summed E-state index contributed by atoms with van der Waals surface area (Å²) in [5.41, 5.74) is 3.04. The molecule has 0 saturated heterocycles. The molecule has 1 saturated carbocycles. The van der Waals surface area contributed by atoms with E-state index in [0.29, 0.717) is 30.9 Å². The molecule has 6 nitrogen and oxygen atoms in total. The molecule has 1 fully saturated rings. The summed E-state index contributed by atoms with van der Waals surface area (Å²) < 4.78 is 10.5. The fraction of sp³-hybridized carbons (Fsp3) is 0.391. The predicted molar refractivity (Wildman–Crippen MR) is 112 cm³/mol. The van der Waals surface area contributed by atoms with E-state index in [4.69, 9.17) is 9.47 Å². The Hall–Kier alpha value is -3.02. The Bertz CT molecular complexity index is 864. The van der Waals surface area contributed by atoms with Gasteiger partial charge in [0, 0.05) is 12.2 Å². The molecule has 2 aromatic rings. The van der Waals surface area contributed by atoms with Gasteiger partial charge in [0.05, 0.1) is 26.1 Å². The van der Waals surface area contributed by atoms with Crippen LogP contribution in [0.4, 0.5) is 5.69 Å². The Morgan fingerprint density at radius 2 is 1.59 bits per heavy atom. The molecule has 2 unspecified atom stereocenters. The number of carbonyl (C=O) groups excluding carboxylic acids is 2. The lowest BCUT2D eigenvalue weighted by Gasteiger charge is -2.10. The van der Waals surface area contributed by atoms with Crippen LogP contribution in [0.5, 0.6) is 11.5 Å². The zero-order valence-corrected chi connectivity index (χ0v) is 17.2. The summed E-state index contributed by atoms with van der Waals surface area (Å²) in [6.07, 6.45) is 2.24. The Labute approximate surface area is 171 Å². The molecule has 0 radical (unpaired) electrons. The number of benzene rings is 2. The highest BCUT2D eigenvalue weighted by molar-refractivity contribution is 5.99. The molecule has 2 amide bonds. The maximum absolute atomic E-state index is 12.4. The van der Waals surface area contributed by atoms with Gasteiger partial charge in [0.1, 0.15) is 0 Å². The summed E-state index contributed by atoms with van der Waals surface area (Å²) >= 11 is 0. The third-order valence-electron chi connectivity index (χ3n) is 5.25. The van der Waals surface area contributed by atoms with Crippen molar-refractivity contribution in [2.24, 2.45) is 11.8 Å². The molecule has 6 heteroatoms. The highest BCUT2D eigenvalue weighted by Crippen LogP contribution is 2.39. The zero-order chi connectivity index (χ0) is 20.8. The maximum atomic E-state index is 12.4. The van der Waals surface area contributed by atoms with Gasteiger partial charge >= 0.3 is 0 Å². The van der Waals surface area contributed by atoms with Crippen LogP contribution in [0.25, 0.3) is 0 Å². The Morgan fingerprint density at radius 1 is 0.931 bits per heavy atom. The molecule has 1 aliphatic carbocycles. The minimum atomic E-state index is -0.248. The molecule has 0 aliphatic heterocycles. The van der Waals surface area contributed by atoms with Crippen molar-refractivity contribution in [2.75, 3.05) is 26.1 Å². The van der Waals surface area contributed by atoms with Crippen molar-refractivity contribution < 1.29 is 19.1 Å². The lowest BCUT2D eigenvalue weighted by atomic mass is 10.1. The number of ether oxygens (including phenoxy) is 2. The van der Waals surface area contributed by atoms with Crippen molar-refractivity contribution >= 4 is 17.5 Å². The molecule has 29 heavy (non-hydrogen) atoms. The lowest BCUT2D eigenvalue weighted by molar-refractivity contribution is -0.125. The number of rotatable bonds is 9.